The second-order valence-corrected chi connectivity index (χ2v) is 4.08. The number of nitrogens with zero attached hydrogens (tertiary/aromatic N) is 1. The first-order valence-electron chi connectivity index (χ1n) is 6.17. The Hall–Kier alpha value is -2.88. The van der Waals surface area contributed by atoms with Crippen LogP contribution in [0.3, 0.4) is 0 Å². The van der Waals surface area contributed by atoms with Crippen LogP contribution in [-0.4, -0.2) is 11.7 Å². The molecular weight excluding hydrogens is 250 g/mol. The standard InChI is InChI=1S/C16H15N3O/c17-16(20)19-18-15(14-9-5-2-6-10-14)12-11-13-7-3-1-4-8-13/h1-12H,(H3,17,19,20). The molecule has 4 heteroatoms. The maximum Gasteiger partial charge on any atom is 0.332 e. The van der Waals surface area contributed by atoms with Gasteiger partial charge in [0.15, 0.2) is 0 Å². The topological polar surface area (TPSA) is 67.5 Å². The number of rotatable bonds is 4. The van der Waals surface area contributed by atoms with Gasteiger partial charge in [-0.1, -0.05) is 66.7 Å². The van der Waals surface area contributed by atoms with Gasteiger partial charge in [0.1, 0.15) is 0 Å². The number of allylic oxidation sites excluding steroid dienone is 1. The average molecular weight is 265 g/mol. The number of urea groups is 1. The van der Waals surface area contributed by atoms with Crippen LogP contribution in [0.4, 0.5) is 4.79 Å². The predicted octanol–water partition coefficient (Wildman–Crippen LogP) is 2.77. The molecule has 0 aromatic heterocycles. The van der Waals surface area contributed by atoms with E-state index in [0.29, 0.717) is 5.71 Å². The smallest absolute Gasteiger partial charge is 0.332 e. The van der Waals surface area contributed by atoms with E-state index in [1.807, 2.05) is 72.8 Å². The Balaban J connectivity index is 2.26. The van der Waals surface area contributed by atoms with Crippen molar-refractivity contribution < 1.29 is 4.79 Å². The van der Waals surface area contributed by atoms with E-state index in [9.17, 15) is 4.79 Å². The first-order valence-corrected chi connectivity index (χ1v) is 6.17. The molecule has 2 aromatic rings. The molecule has 2 aromatic carbocycles. The lowest BCUT2D eigenvalue weighted by molar-refractivity contribution is 0.249. The molecule has 3 N–H and O–H groups in total. The largest absolute Gasteiger partial charge is 0.350 e. The van der Waals surface area contributed by atoms with Crippen LogP contribution in [0, 0.1) is 0 Å². The highest BCUT2D eigenvalue weighted by Gasteiger charge is 1.99. The first kappa shape index (κ1) is 13.5. The zero-order valence-electron chi connectivity index (χ0n) is 10.9. The van der Waals surface area contributed by atoms with Gasteiger partial charge in [-0.25, -0.2) is 10.2 Å². The molecule has 0 saturated heterocycles. The summed E-state index contributed by atoms with van der Waals surface area (Å²) in [5, 5.41) is 4.01. The summed E-state index contributed by atoms with van der Waals surface area (Å²) in [6.07, 6.45) is 3.76. The third kappa shape index (κ3) is 4.10. The van der Waals surface area contributed by atoms with E-state index in [0.717, 1.165) is 11.1 Å². The molecule has 0 bridgehead atoms. The fourth-order valence-corrected chi connectivity index (χ4v) is 1.66. The molecule has 2 rings (SSSR count). The maximum atomic E-state index is 10.8. The van der Waals surface area contributed by atoms with Gasteiger partial charge in [-0.3, -0.25) is 0 Å². The van der Waals surface area contributed by atoms with Crippen molar-refractivity contribution in [3.63, 3.8) is 0 Å². The summed E-state index contributed by atoms with van der Waals surface area (Å²) in [7, 11) is 0. The molecule has 0 radical (unpaired) electrons. The van der Waals surface area contributed by atoms with Gasteiger partial charge < -0.3 is 5.73 Å². The molecule has 0 aliphatic rings. The van der Waals surface area contributed by atoms with Gasteiger partial charge in [-0.2, -0.15) is 5.10 Å². The highest BCUT2D eigenvalue weighted by molar-refractivity contribution is 6.10. The van der Waals surface area contributed by atoms with Crippen LogP contribution >= 0.6 is 0 Å². The Bertz CT molecular complexity index is 619. The number of hydrogen-bond donors (Lipinski definition) is 2. The Morgan fingerprint density at radius 3 is 2.20 bits per heavy atom. The van der Waals surface area contributed by atoms with E-state index in [1.54, 1.807) is 0 Å². The van der Waals surface area contributed by atoms with Crippen LogP contribution in [0.1, 0.15) is 11.1 Å². The number of carbonyl (C=O) groups excluding carboxylic acids is 1. The quantitative estimate of drug-likeness (QED) is 0.647. The third-order valence-corrected chi connectivity index (χ3v) is 2.59. The van der Waals surface area contributed by atoms with Gasteiger partial charge in [-0.15, -0.1) is 0 Å². The van der Waals surface area contributed by atoms with E-state index in [2.05, 4.69) is 10.5 Å². The summed E-state index contributed by atoms with van der Waals surface area (Å²) in [4.78, 5) is 10.8. The van der Waals surface area contributed by atoms with Gasteiger partial charge in [0.05, 0.1) is 5.71 Å². The van der Waals surface area contributed by atoms with E-state index in [-0.39, 0.29) is 0 Å². The van der Waals surface area contributed by atoms with Crippen LogP contribution in [0.5, 0.6) is 0 Å². The van der Waals surface area contributed by atoms with Gasteiger partial charge in [-0.05, 0) is 11.6 Å². The summed E-state index contributed by atoms with van der Waals surface area (Å²) >= 11 is 0. The second kappa shape index (κ2) is 6.89. The fraction of sp³-hybridized carbons (Fsp3) is 0. The predicted molar refractivity (Wildman–Crippen MR) is 81.2 cm³/mol. The summed E-state index contributed by atoms with van der Waals surface area (Å²) in [5.41, 5.74) is 9.88. The molecule has 0 heterocycles. The molecule has 0 aliphatic heterocycles. The SMILES string of the molecule is NC(=O)NN=C(C=Cc1ccccc1)c1ccccc1. The molecule has 0 spiro atoms. The average Bonchev–Trinajstić information content (AvgIpc) is 2.49. The zero-order valence-corrected chi connectivity index (χ0v) is 10.9. The zero-order chi connectivity index (χ0) is 14.2. The summed E-state index contributed by atoms with van der Waals surface area (Å²) in [6.45, 7) is 0. The lowest BCUT2D eigenvalue weighted by Crippen LogP contribution is -2.25. The molecule has 100 valence electrons. The van der Waals surface area contributed by atoms with Crippen molar-refractivity contribution in [1.29, 1.82) is 0 Å². The Morgan fingerprint density at radius 2 is 1.60 bits per heavy atom. The number of nitrogens with one attached hydrogen (secondary N) is 1. The normalized spacial score (nSPS) is 11.5. The lowest BCUT2D eigenvalue weighted by atomic mass is 10.1. The Labute approximate surface area is 117 Å². The minimum absolute atomic E-state index is 0.633. The summed E-state index contributed by atoms with van der Waals surface area (Å²) < 4.78 is 0. The molecule has 2 amide bonds. The van der Waals surface area contributed by atoms with Crippen molar-refractivity contribution >= 4 is 17.8 Å². The number of nitrogens with two attached hydrogens (primary N) is 1. The Morgan fingerprint density at radius 1 is 1.00 bits per heavy atom. The highest BCUT2D eigenvalue weighted by Crippen LogP contribution is 2.06. The number of hydrazone groups is 1. The molecular formula is C16H15N3O. The number of benzene rings is 2. The maximum absolute atomic E-state index is 10.8. The van der Waals surface area contributed by atoms with E-state index in [1.165, 1.54) is 0 Å². The summed E-state index contributed by atoms with van der Waals surface area (Å²) in [5.74, 6) is 0. The van der Waals surface area contributed by atoms with Crippen molar-refractivity contribution in [1.82, 2.24) is 5.43 Å². The van der Waals surface area contributed by atoms with E-state index >= 15 is 0 Å². The van der Waals surface area contributed by atoms with Crippen molar-refractivity contribution in [2.45, 2.75) is 0 Å². The van der Waals surface area contributed by atoms with Crippen molar-refractivity contribution in [3.8, 4) is 0 Å². The van der Waals surface area contributed by atoms with Crippen LogP contribution in [0.15, 0.2) is 71.8 Å². The molecule has 20 heavy (non-hydrogen) atoms. The molecule has 0 unspecified atom stereocenters. The monoisotopic (exact) mass is 265 g/mol. The Kier molecular flexibility index (Phi) is 4.67. The van der Waals surface area contributed by atoms with Crippen LogP contribution in [-0.2, 0) is 0 Å². The molecule has 0 saturated carbocycles. The minimum Gasteiger partial charge on any atom is -0.350 e. The highest BCUT2D eigenvalue weighted by atomic mass is 16.2. The molecule has 0 aliphatic carbocycles. The van der Waals surface area contributed by atoms with E-state index < -0.39 is 6.03 Å². The van der Waals surface area contributed by atoms with Crippen molar-refractivity contribution in [2.24, 2.45) is 10.8 Å². The minimum atomic E-state index is -0.688. The molecule has 0 fully saturated rings. The van der Waals surface area contributed by atoms with E-state index in [4.69, 9.17) is 5.73 Å². The van der Waals surface area contributed by atoms with Gasteiger partial charge in [0.25, 0.3) is 0 Å². The third-order valence-electron chi connectivity index (χ3n) is 2.59. The van der Waals surface area contributed by atoms with Gasteiger partial charge in [0, 0.05) is 5.56 Å². The number of amides is 2. The van der Waals surface area contributed by atoms with Gasteiger partial charge >= 0.3 is 6.03 Å². The second-order valence-electron chi connectivity index (χ2n) is 4.08. The number of carbonyl (C=O) groups is 1. The molecule has 4 nitrogen and oxygen atoms in total. The van der Waals surface area contributed by atoms with Crippen molar-refractivity contribution in [2.75, 3.05) is 0 Å². The number of hydrogen-bond acceptors (Lipinski definition) is 2. The molecule has 0 atom stereocenters. The van der Waals surface area contributed by atoms with Crippen molar-refractivity contribution in [3.05, 3.63) is 77.9 Å². The van der Waals surface area contributed by atoms with Crippen LogP contribution in [0.2, 0.25) is 0 Å². The first-order chi connectivity index (χ1) is 9.75. The van der Waals surface area contributed by atoms with Crippen LogP contribution < -0.4 is 11.2 Å². The number of primary amides is 1. The lowest BCUT2D eigenvalue weighted by Gasteiger charge is -2.02. The fourth-order valence-electron chi connectivity index (χ4n) is 1.66. The van der Waals surface area contributed by atoms with Gasteiger partial charge in [0.2, 0.25) is 0 Å². The van der Waals surface area contributed by atoms with Crippen LogP contribution in [0.25, 0.3) is 6.08 Å². The summed E-state index contributed by atoms with van der Waals surface area (Å²) in [6, 6.07) is 18.7.